The number of halogens is 1. The molecule has 0 spiro atoms. The minimum atomic E-state index is -0.567. The van der Waals surface area contributed by atoms with E-state index < -0.39 is 11.9 Å². The second-order valence-electron chi connectivity index (χ2n) is 6.97. The molecule has 10 heteroatoms. The number of nitrogens with zero attached hydrogens (tertiary/aromatic N) is 2. The number of methoxy groups -OCH3 is 2. The second-order valence-corrected chi connectivity index (χ2v) is 9.03. The quantitative estimate of drug-likeness (QED) is 0.336. The third-order valence-corrected chi connectivity index (χ3v) is 6.30. The normalized spacial score (nSPS) is 16.4. The fourth-order valence-electron chi connectivity index (χ4n) is 3.18. The van der Waals surface area contributed by atoms with Crippen LogP contribution in [0.3, 0.4) is 0 Å². The van der Waals surface area contributed by atoms with Crippen LogP contribution in [-0.4, -0.2) is 42.0 Å². The monoisotopic (exact) mass is 527 g/mol. The van der Waals surface area contributed by atoms with Gasteiger partial charge < -0.3 is 14.2 Å². The average molecular weight is 528 g/mol. The van der Waals surface area contributed by atoms with Crippen LogP contribution in [0.5, 0.6) is 17.2 Å². The lowest BCUT2D eigenvalue weighted by Gasteiger charge is -2.22. The first-order valence-electron chi connectivity index (χ1n) is 9.63. The van der Waals surface area contributed by atoms with E-state index >= 15 is 0 Å². The molecule has 2 aliphatic rings. The first-order valence-corrected chi connectivity index (χ1v) is 11.2. The maximum atomic E-state index is 12.6. The molecule has 33 heavy (non-hydrogen) atoms. The predicted octanol–water partition coefficient (Wildman–Crippen LogP) is 4.85. The third kappa shape index (κ3) is 4.57. The van der Waals surface area contributed by atoms with Crippen LogP contribution in [0, 0.1) is 5.41 Å². The van der Waals surface area contributed by atoms with Gasteiger partial charge in [-0.15, -0.1) is 0 Å². The van der Waals surface area contributed by atoms with Gasteiger partial charge in [0.15, 0.2) is 16.7 Å². The van der Waals surface area contributed by atoms with Crippen LogP contribution in [0.4, 0.5) is 0 Å². The number of ether oxygens (including phenoxy) is 3. The van der Waals surface area contributed by atoms with Crippen molar-refractivity contribution >= 4 is 56.6 Å². The number of carbonyl (C=O) groups excluding carboxylic acids is 2. The number of rotatable bonds is 5. The molecule has 1 N–H and O–H groups in total. The van der Waals surface area contributed by atoms with Gasteiger partial charge in [0.05, 0.1) is 29.8 Å². The van der Waals surface area contributed by atoms with Crippen LogP contribution >= 0.6 is 27.7 Å². The van der Waals surface area contributed by atoms with Crippen molar-refractivity contribution in [2.75, 3.05) is 14.2 Å². The van der Waals surface area contributed by atoms with E-state index in [0.717, 1.165) is 4.91 Å². The van der Waals surface area contributed by atoms with Crippen LogP contribution in [0.15, 0.2) is 62.5 Å². The van der Waals surface area contributed by atoms with Gasteiger partial charge in [0.1, 0.15) is 11.6 Å². The number of nitrogens with one attached hydrogen (secondary N) is 1. The molecule has 0 fully saturated rings. The molecule has 8 nitrogen and oxygen atoms in total. The standard InChI is InChI=1S/C23H18BrN3O5S/c1-12-11-27-20(25)15(21(28)26-23(27)33-12)8-13-4-6-17(16(24)9-13)32-22(29)14-5-7-18(30-2)19(10-14)31-3/h4-11,25H,1-3H3. The zero-order valence-electron chi connectivity index (χ0n) is 17.8. The number of aliphatic imine (C=N–C) groups is 1. The van der Waals surface area contributed by atoms with Crippen LogP contribution in [0.2, 0.25) is 0 Å². The Bertz CT molecular complexity index is 1280. The molecule has 0 bridgehead atoms. The summed E-state index contributed by atoms with van der Waals surface area (Å²) in [6.07, 6.45) is 3.36. The van der Waals surface area contributed by atoms with Crippen LogP contribution < -0.4 is 14.2 Å². The predicted molar refractivity (Wildman–Crippen MR) is 130 cm³/mol. The zero-order valence-corrected chi connectivity index (χ0v) is 20.2. The van der Waals surface area contributed by atoms with Crippen LogP contribution in [-0.2, 0) is 4.79 Å². The topological polar surface area (TPSA) is 101 Å². The molecule has 0 atom stereocenters. The number of hydrogen-bond acceptors (Lipinski definition) is 7. The summed E-state index contributed by atoms with van der Waals surface area (Å²) in [5, 5.41) is 8.87. The number of carbonyl (C=O) groups is 2. The van der Waals surface area contributed by atoms with Gasteiger partial charge in [-0.05, 0) is 64.8 Å². The van der Waals surface area contributed by atoms with Crippen molar-refractivity contribution in [1.29, 1.82) is 5.41 Å². The number of amidine groups is 2. The Hall–Kier alpha value is -3.37. The smallest absolute Gasteiger partial charge is 0.343 e. The number of thioether (sulfide) groups is 1. The van der Waals surface area contributed by atoms with Gasteiger partial charge >= 0.3 is 5.97 Å². The Morgan fingerprint density at radius 3 is 2.55 bits per heavy atom. The summed E-state index contributed by atoms with van der Waals surface area (Å²) in [6.45, 7) is 1.89. The van der Waals surface area contributed by atoms with Crippen LogP contribution in [0.1, 0.15) is 22.8 Å². The first kappa shape index (κ1) is 22.8. The number of amides is 1. The summed E-state index contributed by atoms with van der Waals surface area (Å²) < 4.78 is 16.4. The molecule has 0 unspecified atom stereocenters. The molecule has 2 aromatic carbocycles. The highest BCUT2D eigenvalue weighted by Gasteiger charge is 2.32. The van der Waals surface area contributed by atoms with Gasteiger partial charge in [-0.3, -0.25) is 15.1 Å². The molecular formula is C23H18BrN3O5S. The second kappa shape index (κ2) is 9.24. The number of benzene rings is 2. The molecule has 1 amide bonds. The fourth-order valence-corrected chi connectivity index (χ4v) is 4.47. The van der Waals surface area contributed by atoms with E-state index in [1.54, 1.807) is 47.5 Å². The van der Waals surface area contributed by atoms with Gasteiger partial charge in [-0.2, -0.15) is 4.99 Å². The highest BCUT2D eigenvalue weighted by molar-refractivity contribution is 9.10. The SMILES string of the molecule is COc1ccc(C(=O)Oc2ccc(C=C3C(=N)N4C=C(C)SC4=NC3=O)cc2Br)cc1OC. The van der Waals surface area contributed by atoms with Gasteiger partial charge in [-0.1, -0.05) is 17.8 Å². The maximum absolute atomic E-state index is 12.6. The van der Waals surface area contributed by atoms with Crippen LogP contribution in [0.25, 0.3) is 6.08 Å². The average Bonchev–Trinajstić information content (AvgIpc) is 3.17. The maximum Gasteiger partial charge on any atom is 0.343 e. The molecule has 4 rings (SSSR count). The minimum absolute atomic E-state index is 0.0643. The summed E-state index contributed by atoms with van der Waals surface area (Å²) in [4.78, 5) is 31.7. The van der Waals surface area contributed by atoms with Gasteiger partial charge in [-0.25, -0.2) is 4.79 Å². The molecule has 0 radical (unpaired) electrons. The van der Waals surface area contributed by atoms with Crippen molar-refractivity contribution in [2.45, 2.75) is 6.92 Å². The van der Waals surface area contributed by atoms with Gasteiger partial charge in [0.2, 0.25) is 0 Å². The Morgan fingerprint density at radius 2 is 1.85 bits per heavy atom. The van der Waals surface area contributed by atoms with Crippen molar-refractivity contribution in [2.24, 2.45) is 4.99 Å². The van der Waals surface area contributed by atoms with Gasteiger partial charge in [0, 0.05) is 11.1 Å². The number of fused-ring (bicyclic) bond motifs is 1. The fraction of sp³-hybridized carbons (Fsp3) is 0.130. The third-order valence-electron chi connectivity index (χ3n) is 4.78. The van der Waals surface area contributed by atoms with Gasteiger partial charge in [0.25, 0.3) is 5.91 Å². The Labute approximate surface area is 202 Å². The molecule has 0 saturated carbocycles. The molecule has 2 heterocycles. The zero-order chi connectivity index (χ0) is 23.7. The Morgan fingerprint density at radius 1 is 1.12 bits per heavy atom. The first-order chi connectivity index (χ1) is 15.8. The van der Waals surface area contributed by atoms with E-state index in [1.165, 1.54) is 32.0 Å². The number of hydrogen-bond donors (Lipinski definition) is 1. The highest BCUT2D eigenvalue weighted by Crippen LogP contribution is 2.34. The Kier molecular flexibility index (Phi) is 6.39. The van der Waals surface area contributed by atoms with E-state index in [0.29, 0.717) is 38.0 Å². The van der Waals surface area contributed by atoms with E-state index in [-0.39, 0.29) is 11.4 Å². The molecule has 0 aliphatic carbocycles. The lowest BCUT2D eigenvalue weighted by molar-refractivity contribution is -0.114. The lowest BCUT2D eigenvalue weighted by Crippen LogP contribution is -2.35. The Balaban J connectivity index is 1.55. The summed E-state index contributed by atoms with van der Waals surface area (Å²) in [7, 11) is 3.00. The lowest BCUT2D eigenvalue weighted by atomic mass is 10.1. The molecule has 0 saturated heterocycles. The molecular weight excluding hydrogens is 510 g/mol. The molecule has 2 aliphatic heterocycles. The minimum Gasteiger partial charge on any atom is -0.493 e. The van der Waals surface area contributed by atoms with Crippen molar-refractivity contribution in [3.8, 4) is 17.2 Å². The van der Waals surface area contributed by atoms with E-state index in [9.17, 15) is 9.59 Å². The summed E-state index contributed by atoms with van der Waals surface area (Å²) in [5.41, 5.74) is 1.12. The van der Waals surface area contributed by atoms with E-state index in [1.807, 2.05) is 6.92 Å². The largest absolute Gasteiger partial charge is 0.493 e. The van der Waals surface area contributed by atoms with Crippen molar-refractivity contribution in [3.63, 3.8) is 0 Å². The number of allylic oxidation sites excluding steroid dienone is 1. The number of esters is 1. The van der Waals surface area contributed by atoms with Crippen molar-refractivity contribution < 1.29 is 23.8 Å². The van der Waals surface area contributed by atoms with E-state index in [2.05, 4.69) is 20.9 Å². The van der Waals surface area contributed by atoms with Crippen molar-refractivity contribution in [1.82, 2.24) is 4.90 Å². The van der Waals surface area contributed by atoms with Crippen molar-refractivity contribution in [3.05, 3.63) is 68.7 Å². The van der Waals surface area contributed by atoms with E-state index in [4.69, 9.17) is 19.6 Å². The molecule has 0 aromatic heterocycles. The summed E-state index contributed by atoms with van der Waals surface area (Å²) in [6, 6.07) is 9.74. The summed E-state index contributed by atoms with van der Waals surface area (Å²) >= 11 is 4.76. The summed E-state index contributed by atoms with van der Waals surface area (Å²) in [5.74, 6) is 0.251. The molecule has 2 aromatic rings. The highest BCUT2D eigenvalue weighted by atomic mass is 79.9. The molecule has 168 valence electrons.